The highest BCUT2D eigenvalue weighted by Crippen LogP contribution is 2.59. The molecule has 10 heteroatoms. The maximum Gasteiger partial charge on any atom is 0.191 e. The van der Waals surface area contributed by atoms with E-state index in [1.54, 1.807) is 18.8 Å². The zero-order valence-corrected chi connectivity index (χ0v) is 20.1. The van der Waals surface area contributed by atoms with Gasteiger partial charge < -0.3 is 9.47 Å². The first kappa shape index (κ1) is 20.5. The molecule has 1 saturated carbocycles. The summed E-state index contributed by atoms with van der Waals surface area (Å²) in [6.07, 6.45) is 2.47. The first-order chi connectivity index (χ1) is 14.5. The highest BCUT2D eigenvalue weighted by atomic mass is 79.9. The number of nitrogens with zero attached hydrogens (tertiary/aromatic N) is 7. The maximum atomic E-state index is 6.24. The number of aromatic nitrogens is 6. The van der Waals surface area contributed by atoms with Gasteiger partial charge in [0, 0.05) is 42.8 Å². The molecule has 0 spiro atoms. The molecule has 2 aromatic heterocycles. The third-order valence-electron chi connectivity index (χ3n) is 6.29. The van der Waals surface area contributed by atoms with Crippen molar-refractivity contribution in [1.29, 1.82) is 0 Å². The monoisotopic (exact) mass is 507 g/mol. The van der Waals surface area contributed by atoms with Gasteiger partial charge >= 0.3 is 0 Å². The molecule has 0 unspecified atom stereocenters. The Hall–Kier alpha value is -1.42. The highest BCUT2D eigenvalue weighted by Gasteiger charge is 2.60. The zero-order valence-electron chi connectivity index (χ0n) is 16.9. The molecule has 0 bridgehead atoms. The Morgan fingerprint density at radius 1 is 1.20 bits per heavy atom. The van der Waals surface area contributed by atoms with Gasteiger partial charge in [0.05, 0.1) is 0 Å². The molecule has 30 heavy (non-hydrogen) atoms. The summed E-state index contributed by atoms with van der Waals surface area (Å²) in [4.78, 5) is 2.62. The van der Waals surface area contributed by atoms with Crippen molar-refractivity contribution in [1.82, 2.24) is 34.7 Å². The minimum atomic E-state index is 0.405. The second kappa shape index (κ2) is 7.93. The van der Waals surface area contributed by atoms with Crippen molar-refractivity contribution in [3.8, 4) is 11.5 Å². The number of thioether (sulfide) groups is 1. The Morgan fingerprint density at radius 2 is 2.00 bits per heavy atom. The van der Waals surface area contributed by atoms with Gasteiger partial charge in [-0.1, -0.05) is 56.6 Å². The number of likely N-dealkylation sites (tertiary alicyclic amines) is 1. The van der Waals surface area contributed by atoms with Crippen LogP contribution in [0.5, 0.6) is 0 Å². The summed E-state index contributed by atoms with van der Waals surface area (Å²) in [6, 6.07) is 8.92. The van der Waals surface area contributed by atoms with E-state index in [0.29, 0.717) is 22.1 Å². The molecule has 2 aliphatic rings. The molecule has 0 N–H and O–H groups in total. The van der Waals surface area contributed by atoms with E-state index in [-0.39, 0.29) is 0 Å². The number of benzene rings is 1. The second-order valence-corrected chi connectivity index (χ2v) is 10.6. The lowest BCUT2D eigenvalue weighted by Gasteiger charge is -2.21. The van der Waals surface area contributed by atoms with E-state index >= 15 is 0 Å². The Morgan fingerprint density at radius 3 is 2.73 bits per heavy atom. The van der Waals surface area contributed by atoms with Crippen LogP contribution < -0.4 is 0 Å². The van der Waals surface area contributed by atoms with E-state index < -0.39 is 0 Å². The molecule has 1 saturated heterocycles. The van der Waals surface area contributed by atoms with Crippen LogP contribution in [0.3, 0.4) is 0 Å². The molecule has 1 aliphatic heterocycles. The van der Waals surface area contributed by atoms with E-state index in [0.717, 1.165) is 34.3 Å². The van der Waals surface area contributed by atoms with Gasteiger partial charge in [0.1, 0.15) is 0 Å². The smallest absolute Gasteiger partial charge is 0.191 e. The van der Waals surface area contributed by atoms with Gasteiger partial charge in [0.2, 0.25) is 0 Å². The molecule has 1 aromatic carbocycles. The lowest BCUT2D eigenvalue weighted by molar-refractivity contribution is 0.299. The van der Waals surface area contributed by atoms with Crippen molar-refractivity contribution in [2.24, 2.45) is 20.0 Å². The van der Waals surface area contributed by atoms with Crippen LogP contribution in [-0.4, -0.2) is 60.0 Å². The van der Waals surface area contributed by atoms with Crippen molar-refractivity contribution >= 4 is 39.3 Å². The van der Waals surface area contributed by atoms with Crippen molar-refractivity contribution < 1.29 is 0 Å². The molecule has 5 rings (SSSR count). The van der Waals surface area contributed by atoms with Crippen molar-refractivity contribution in [2.75, 3.05) is 25.4 Å². The van der Waals surface area contributed by atoms with Crippen LogP contribution >= 0.6 is 39.3 Å². The fourth-order valence-corrected chi connectivity index (χ4v) is 5.82. The average Bonchev–Trinajstić information content (AvgIpc) is 2.98. The van der Waals surface area contributed by atoms with Gasteiger partial charge in [-0.25, -0.2) is 4.68 Å². The van der Waals surface area contributed by atoms with Gasteiger partial charge in [-0.15, -0.1) is 15.3 Å². The average molecular weight is 509 g/mol. The number of hydrogen-bond donors (Lipinski definition) is 0. The zero-order chi connectivity index (χ0) is 20.9. The predicted molar refractivity (Wildman–Crippen MR) is 122 cm³/mol. The molecule has 3 heterocycles. The molecule has 7 nitrogen and oxygen atoms in total. The van der Waals surface area contributed by atoms with E-state index in [1.165, 1.54) is 29.8 Å². The maximum absolute atomic E-state index is 6.24. The van der Waals surface area contributed by atoms with Gasteiger partial charge in [-0.2, -0.15) is 0 Å². The van der Waals surface area contributed by atoms with Crippen LogP contribution in [-0.2, 0) is 19.5 Å². The third-order valence-corrected chi connectivity index (χ3v) is 8.35. The predicted octanol–water partition coefficient (Wildman–Crippen LogP) is 3.78. The van der Waals surface area contributed by atoms with Crippen LogP contribution in [0.4, 0.5) is 0 Å². The van der Waals surface area contributed by atoms with Crippen LogP contribution in [0.25, 0.3) is 11.5 Å². The summed E-state index contributed by atoms with van der Waals surface area (Å²) in [5, 5.41) is 18.0. The number of hydrogen-bond acceptors (Lipinski definition) is 6. The van der Waals surface area contributed by atoms with E-state index in [1.807, 2.05) is 11.6 Å². The molecule has 0 radical (unpaired) electrons. The summed E-state index contributed by atoms with van der Waals surface area (Å²) in [6.45, 7) is 3.53. The fourth-order valence-electron chi connectivity index (χ4n) is 4.57. The largest absolute Gasteiger partial charge is 0.304 e. The second-order valence-electron chi connectivity index (χ2n) is 8.22. The quantitative estimate of drug-likeness (QED) is 0.357. The van der Waals surface area contributed by atoms with E-state index in [4.69, 9.17) is 11.6 Å². The van der Waals surface area contributed by atoms with Crippen molar-refractivity contribution in [3.05, 3.63) is 39.5 Å². The Labute approximate surface area is 193 Å². The summed E-state index contributed by atoms with van der Waals surface area (Å²) >= 11 is 11.5. The first-order valence-electron chi connectivity index (χ1n) is 10.0. The Balaban J connectivity index is 1.13. The number of aryl methyl sites for hydroxylation is 1. The molecular formula is C20H23BrClN7S. The Bertz CT molecular complexity index is 1070. The van der Waals surface area contributed by atoms with Gasteiger partial charge in [-0.3, -0.25) is 0 Å². The molecular weight excluding hydrogens is 486 g/mol. The summed E-state index contributed by atoms with van der Waals surface area (Å²) in [7, 11) is 3.70. The summed E-state index contributed by atoms with van der Waals surface area (Å²) in [5.41, 5.74) is 2.47. The minimum Gasteiger partial charge on any atom is -0.304 e. The molecule has 0 amide bonds. The third kappa shape index (κ3) is 3.59. The lowest BCUT2D eigenvalue weighted by Crippen LogP contribution is -2.27. The molecule has 1 aliphatic carbocycles. The number of rotatable bonds is 7. The lowest BCUT2D eigenvalue weighted by atomic mass is 9.95. The number of piperidine rings is 1. The molecule has 2 atom stereocenters. The van der Waals surface area contributed by atoms with Gasteiger partial charge in [-0.05, 0) is 43.0 Å². The van der Waals surface area contributed by atoms with Crippen molar-refractivity contribution in [3.63, 3.8) is 0 Å². The normalized spacial score (nSPS) is 23.1. The molecule has 2 fully saturated rings. The van der Waals surface area contributed by atoms with Crippen LogP contribution in [0.2, 0.25) is 5.15 Å². The summed E-state index contributed by atoms with van der Waals surface area (Å²) in [5.74, 6) is 2.48. The number of fused-ring (bicyclic) bond motifs is 1. The standard InChI is InChI=1S/C20H23BrClN7S/c1-27-18(16-17(22)28(2)26-23-16)24-25-19(27)30-9-3-8-29-11-14-10-20(14,12-29)13-4-6-15(21)7-5-13/h4-7,14H,3,8-12H2,1-2H3/t14-,20+/m0/s1. The fraction of sp³-hybridized carbons (Fsp3) is 0.500. The SMILES string of the molecule is Cn1nnc(-c2nnc(SCCCN3C[C@@H]4C[C@]4(c4ccc(Br)cc4)C3)n2C)c1Cl. The molecule has 158 valence electrons. The highest BCUT2D eigenvalue weighted by molar-refractivity contribution is 9.10. The van der Waals surface area contributed by atoms with Crippen LogP contribution in [0.1, 0.15) is 18.4 Å². The van der Waals surface area contributed by atoms with Crippen LogP contribution in [0, 0.1) is 5.92 Å². The van der Waals surface area contributed by atoms with Crippen LogP contribution in [0.15, 0.2) is 33.9 Å². The van der Waals surface area contributed by atoms with Gasteiger partial charge in [0.25, 0.3) is 0 Å². The van der Waals surface area contributed by atoms with E-state index in [2.05, 4.69) is 65.6 Å². The molecule has 3 aromatic rings. The summed E-state index contributed by atoms with van der Waals surface area (Å²) < 4.78 is 4.62. The minimum absolute atomic E-state index is 0.405. The van der Waals surface area contributed by atoms with Gasteiger partial charge in [0.15, 0.2) is 21.8 Å². The van der Waals surface area contributed by atoms with E-state index in [9.17, 15) is 0 Å². The number of halogens is 2. The topological polar surface area (TPSA) is 64.7 Å². The Kier molecular flexibility index (Phi) is 5.41. The van der Waals surface area contributed by atoms with Crippen molar-refractivity contribution in [2.45, 2.75) is 23.4 Å². The first-order valence-corrected chi connectivity index (χ1v) is 12.2.